The van der Waals surface area contributed by atoms with E-state index in [-0.39, 0.29) is 10.8 Å². The Kier molecular flexibility index (Phi) is 5.79. The predicted octanol–water partition coefficient (Wildman–Crippen LogP) is 7.26. The van der Waals surface area contributed by atoms with Crippen molar-refractivity contribution in [1.29, 1.82) is 0 Å². The molecule has 0 aromatic heterocycles. The molecule has 0 aliphatic heterocycles. The second kappa shape index (κ2) is 7.06. The van der Waals surface area contributed by atoms with E-state index in [0.717, 1.165) is 9.52 Å². The quantitative estimate of drug-likeness (QED) is 0.466. The highest BCUT2D eigenvalue weighted by Gasteiger charge is 2.35. The van der Waals surface area contributed by atoms with Gasteiger partial charge in [0.15, 0.2) is 0 Å². The summed E-state index contributed by atoms with van der Waals surface area (Å²) >= 11 is 0. The molecule has 25 heavy (non-hydrogen) atoms. The molecule has 2 rings (SSSR count). The fraction of sp³-hybridized carbons (Fsp3) is 0.667. The van der Waals surface area contributed by atoms with Crippen molar-refractivity contribution >= 4 is 9.52 Å². The molecule has 2 aliphatic carbocycles. The topological polar surface area (TPSA) is 0 Å². The Balaban J connectivity index is 2.46. The molecular formula is C24H38Si. The summed E-state index contributed by atoms with van der Waals surface area (Å²) in [4.78, 5) is 0. The van der Waals surface area contributed by atoms with E-state index in [1.165, 1.54) is 12.8 Å². The van der Waals surface area contributed by atoms with E-state index in [0.29, 0.717) is 11.8 Å². The maximum atomic E-state index is 2.56. The van der Waals surface area contributed by atoms with Crippen LogP contribution in [0.25, 0.3) is 0 Å². The molecule has 0 N–H and O–H groups in total. The summed E-state index contributed by atoms with van der Waals surface area (Å²) in [6.07, 6.45) is 7.48. The van der Waals surface area contributed by atoms with E-state index in [9.17, 15) is 0 Å². The highest BCUT2D eigenvalue weighted by atomic mass is 28.2. The molecule has 138 valence electrons. The number of hydrogen-bond donors (Lipinski definition) is 0. The monoisotopic (exact) mass is 354 g/mol. The van der Waals surface area contributed by atoms with Crippen LogP contribution in [-0.4, -0.2) is 9.52 Å². The summed E-state index contributed by atoms with van der Waals surface area (Å²) in [7, 11) is 0.804. The van der Waals surface area contributed by atoms with Crippen molar-refractivity contribution in [2.75, 3.05) is 0 Å². The SMILES string of the molecule is CCC1=C(C(C)(C)C)C([Si]C2=CC(C)C(CC)=C2C(C)(C)C)=CC1C. The van der Waals surface area contributed by atoms with Gasteiger partial charge in [-0.3, -0.25) is 0 Å². The Bertz CT molecular complexity index is 595. The van der Waals surface area contributed by atoms with Crippen LogP contribution in [0.3, 0.4) is 0 Å². The van der Waals surface area contributed by atoms with Crippen molar-refractivity contribution in [3.63, 3.8) is 0 Å². The van der Waals surface area contributed by atoms with Crippen molar-refractivity contribution < 1.29 is 0 Å². The van der Waals surface area contributed by atoms with Gasteiger partial charge in [-0.1, -0.05) is 103 Å². The van der Waals surface area contributed by atoms with Crippen molar-refractivity contribution in [1.82, 2.24) is 0 Å². The van der Waals surface area contributed by atoms with Gasteiger partial charge in [-0.25, -0.2) is 0 Å². The maximum Gasteiger partial charge on any atom is 0.121 e. The van der Waals surface area contributed by atoms with Gasteiger partial charge in [0.2, 0.25) is 0 Å². The van der Waals surface area contributed by atoms with Gasteiger partial charge >= 0.3 is 0 Å². The average Bonchev–Trinajstić information content (AvgIpc) is 2.94. The minimum Gasteiger partial charge on any atom is -0.0781 e. The molecule has 0 amide bonds. The fourth-order valence-electron chi connectivity index (χ4n) is 4.79. The van der Waals surface area contributed by atoms with Gasteiger partial charge in [0.05, 0.1) is 0 Å². The molecule has 0 saturated carbocycles. The molecule has 2 radical (unpaired) electrons. The normalized spacial score (nSPS) is 25.0. The molecule has 0 bridgehead atoms. The lowest BCUT2D eigenvalue weighted by atomic mass is 9.82. The lowest BCUT2D eigenvalue weighted by molar-refractivity contribution is 0.505. The first-order valence-corrected chi connectivity index (χ1v) is 11.1. The van der Waals surface area contributed by atoms with E-state index in [2.05, 4.69) is 81.4 Å². The van der Waals surface area contributed by atoms with Crippen molar-refractivity contribution in [2.45, 2.75) is 82.1 Å². The first-order chi connectivity index (χ1) is 11.4. The molecule has 0 fully saturated rings. The summed E-state index contributed by atoms with van der Waals surface area (Å²) < 4.78 is 0. The maximum absolute atomic E-state index is 2.56. The zero-order valence-corrected chi connectivity index (χ0v) is 19.2. The second-order valence-electron chi connectivity index (χ2n) is 9.87. The molecule has 2 aliphatic rings. The number of hydrogen-bond acceptors (Lipinski definition) is 0. The van der Waals surface area contributed by atoms with Gasteiger partial charge < -0.3 is 0 Å². The van der Waals surface area contributed by atoms with Crippen LogP contribution in [0.1, 0.15) is 82.1 Å². The minimum absolute atomic E-state index is 0.235. The number of allylic oxidation sites excluding steroid dienone is 8. The molecule has 1 heteroatoms. The van der Waals surface area contributed by atoms with Crippen molar-refractivity contribution in [3.05, 3.63) is 44.8 Å². The minimum atomic E-state index is 0.235. The van der Waals surface area contributed by atoms with Crippen LogP contribution in [0, 0.1) is 22.7 Å². The molecule has 0 aromatic carbocycles. The molecule has 0 saturated heterocycles. The van der Waals surface area contributed by atoms with E-state index in [1.807, 2.05) is 0 Å². The first kappa shape index (κ1) is 20.5. The van der Waals surface area contributed by atoms with Crippen LogP contribution < -0.4 is 0 Å². The van der Waals surface area contributed by atoms with Gasteiger partial charge in [-0.2, -0.15) is 0 Å². The summed E-state index contributed by atoms with van der Waals surface area (Å²) in [6.45, 7) is 23.7. The zero-order chi connectivity index (χ0) is 19.2. The van der Waals surface area contributed by atoms with Crippen LogP contribution in [0.4, 0.5) is 0 Å². The largest absolute Gasteiger partial charge is 0.121 e. The standard InChI is InChI=1S/C24H38Si/c1-11-17-15(3)13-19(21(17)23(5,6)7)25-20-14-16(4)18(12-2)22(20)24(8,9)10/h13-16H,11-12H2,1-10H3. The van der Waals surface area contributed by atoms with E-state index in [4.69, 9.17) is 0 Å². The van der Waals surface area contributed by atoms with Crippen LogP contribution in [0.2, 0.25) is 0 Å². The summed E-state index contributed by atoms with van der Waals surface area (Å²) in [5.41, 5.74) is 7.09. The zero-order valence-electron chi connectivity index (χ0n) is 18.2. The van der Waals surface area contributed by atoms with Crippen LogP contribution in [0.15, 0.2) is 44.8 Å². The molecule has 2 unspecified atom stereocenters. The van der Waals surface area contributed by atoms with E-state index >= 15 is 0 Å². The predicted molar refractivity (Wildman–Crippen MR) is 114 cm³/mol. The van der Waals surface area contributed by atoms with Gasteiger partial charge in [-0.05, 0) is 46.7 Å². The summed E-state index contributed by atoms with van der Waals surface area (Å²) in [5, 5.41) is 3.24. The van der Waals surface area contributed by atoms with Gasteiger partial charge in [0.25, 0.3) is 0 Å². The van der Waals surface area contributed by atoms with Gasteiger partial charge in [0.1, 0.15) is 9.52 Å². The lowest BCUT2D eigenvalue weighted by Crippen LogP contribution is -2.19. The first-order valence-electron chi connectivity index (χ1n) is 10.1. The van der Waals surface area contributed by atoms with Crippen LogP contribution in [-0.2, 0) is 0 Å². The molecule has 0 heterocycles. The Morgan fingerprint density at radius 2 is 1.04 bits per heavy atom. The third kappa shape index (κ3) is 3.97. The smallest absolute Gasteiger partial charge is 0.0781 e. The molecule has 0 nitrogen and oxygen atoms in total. The second-order valence-corrected chi connectivity index (χ2v) is 11.2. The average molecular weight is 355 g/mol. The molecule has 0 spiro atoms. The molecular weight excluding hydrogens is 316 g/mol. The molecule has 0 aromatic rings. The Morgan fingerprint density at radius 1 is 0.720 bits per heavy atom. The highest BCUT2D eigenvalue weighted by molar-refractivity contribution is 6.57. The summed E-state index contributed by atoms with van der Waals surface area (Å²) in [6, 6.07) is 0. The van der Waals surface area contributed by atoms with E-state index in [1.54, 1.807) is 32.7 Å². The number of rotatable bonds is 4. The third-order valence-electron chi connectivity index (χ3n) is 5.64. The lowest BCUT2D eigenvalue weighted by Gasteiger charge is -2.29. The summed E-state index contributed by atoms with van der Waals surface area (Å²) in [5.74, 6) is 1.21. The fourth-order valence-corrected chi connectivity index (χ4v) is 7.07. The Morgan fingerprint density at radius 3 is 1.28 bits per heavy atom. The Hall–Kier alpha value is -0.823. The van der Waals surface area contributed by atoms with Crippen molar-refractivity contribution in [2.24, 2.45) is 22.7 Å². The van der Waals surface area contributed by atoms with Crippen LogP contribution in [0.5, 0.6) is 0 Å². The highest BCUT2D eigenvalue weighted by Crippen LogP contribution is 2.47. The van der Waals surface area contributed by atoms with E-state index < -0.39 is 0 Å². The van der Waals surface area contributed by atoms with Crippen molar-refractivity contribution in [3.8, 4) is 0 Å². The third-order valence-corrected chi connectivity index (χ3v) is 7.02. The Labute approximate surface area is 159 Å². The van der Waals surface area contributed by atoms with Crippen LogP contribution >= 0.6 is 0 Å². The van der Waals surface area contributed by atoms with Gasteiger partial charge in [-0.15, -0.1) is 0 Å². The van der Waals surface area contributed by atoms with Gasteiger partial charge in [0, 0.05) is 0 Å². The molecule has 2 atom stereocenters.